The molecule has 1 spiro atoms. The number of hydrogen-bond acceptors (Lipinski definition) is 5. The minimum absolute atomic E-state index is 0.103. The maximum Gasteiger partial charge on any atom is 0.336 e. The smallest absolute Gasteiger partial charge is 0.336 e. The van der Waals surface area contributed by atoms with Gasteiger partial charge in [0.25, 0.3) is 0 Å². The lowest BCUT2D eigenvalue weighted by molar-refractivity contribution is -0.139. The number of fused-ring (bicyclic) bond motifs is 1. The Morgan fingerprint density at radius 2 is 1.87 bits per heavy atom. The van der Waals surface area contributed by atoms with Crippen molar-refractivity contribution in [2.24, 2.45) is 5.92 Å². The van der Waals surface area contributed by atoms with E-state index in [-0.39, 0.29) is 23.2 Å². The molecule has 3 atom stereocenters. The number of nitrogens with one attached hydrogen (secondary N) is 1. The van der Waals surface area contributed by atoms with Gasteiger partial charge in [0.05, 0.1) is 24.0 Å². The number of anilines is 1. The zero-order chi connectivity index (χ0) is 21.6. The molecule has 1 aliphatic carbocycles. The number of hydrogen-bond donors (Lipinski definition) is 1. The number of methoxy groups -OCH3 is 1. The number of likely N-dealkylation sites (tertiary alicyclic amines) is 1. The van der Waals surface area contributed by atoms with Crippen molar-refractivity contribution in [1.82, 2.24) is 4.90 Å². The number of nitrogens with zero attached hydrogens (tertiary/aromatic N) is 1. The number of ether oxygens (including phenoxy) is 1. The van der Waals surface area contributed by atoms with Crippen molar-refractivity contribution in [3.8, 4) is 0 Å². The predicted molar refractivity (Wildman–Crippen MR) is 119 cm³/mol. The number of para-hydroxylation sites is 1. The van der Waals surface area contributed by atoms with Crippen LogP contribution >= 0.6 is 0 Å². The van der Waals surface area contributed by atoms with Crippen LogP contribution in [0.3, 0.4) is 0 Å². The van der Waals surface area contributed by atoms with Gasteiger partial charge in [0, 0.05) is 36.9 Å². The van der Waals surface area contributed by atoms with Gasteiger partial charge in [-0.2, -0.15) is 0 Å². The quantitative estimate of drug-likeness (QED) is 0.745. The van der Waals surface area contributed by atoms with Gasteiger partial charge in [-0.05, 0) is 30.0 Å². The summed E-state index contributed by atoms with van der Waals surface area (Å²) in [6.07, 6.45) is 1.96. The molecule has 5 heteroatoms. The highest BCUT2D eigenvalue weighted by Crippen LogP contribution is 2.58. The van der Waals surface area contributed by atoms with Gasteiger partial charge >= 0.3 is 5.97 Å². The van der Waals surface area contributed by atoms with Crippen LogP contribution in [0.25, 0.3) is 0 Å². The van der Waals surface area contributed by atoms with E-state index >= 15 is 0 Å². The lowest BCUT2D eigenvalue weighted by Crippen LogP contribution is -2.50. The fourth-order valence-corrected chi connectivity index (χ4v) is 6.00. The first-order valence-electron chi connectivity index (χ1n) is 11.1. The van der Waals surface area contributed by atoms with Crippen molar-refractivity contribution in [3.63, 3.8) is 0 Å². The number of carbonyl (C=O) groups excluding carboxylic acids is 2. The zero-order valence-corrected chi connectivity index (χ0v) is 18.1. The number of esters is 1. The monoisotopic (exact) mass is 416 g/mol. The Hall–Kier alpha value is -2.92. The van der Waals surface area contributed by atoms with E-state index in [0.717, 1.165) is 30.9 Å². The third-order valence-electron chi connectivity index (χ3n) is 7.36. The first kappa shape index (κ1) is 20.0. The number of carbonyl (C=O) groups is 2. The zero-order valence-electron chi connectivity index (χ0n) is 18.1. The van der Waals surface area contributed by atoms with Crippen molar-refractivity contribution >= 4 is 17.4 Å². The number of Topliss-reactive ketones (excluding diaryl/α,β-unsaturated/α-hetero) is 1. The normalized spacial score (nSPS) is 26.6. The van der Waals surface area contributed by atoms with E-state index in [2.05, 4.69) is 52.7 Å². The fraction of sp³-hybridized carbons (Fsp3) is 0.385. The summed E-state index contributed by atoms with van der Waals surface area (Å²) in [5.74, 6) is -0.726. The summed E-state index contributed by atoms with van der Waals surface area (Å²) in [5, 5.41) is 3.56. The second-order valence-electron chi connectivity index (χ2n) is 8.75. The van der Waals surface area contributed by atoms with Gasteiger partial charge in [-0.25, -0.2) is 4.79 Å². The van der Waals surface area contributed by atoms with Crippen LogP contribution in [0.1, 0.15) is 37.3 Å². The molecule has 1 saturated heterocycles. The van der Waals surface area contributed by atoms with Gasteiger partial charge in [0.15, 0.2) is 0 Å². The number of ketones is 1. The highest BCUT2D eigenvalue weighted by Gasteiger charge is 2.60. The molecule has 1 N–H and O–H groups in total. The standard InChI is InChI=1S/C26H28N2O3/c1-3-21(29)18-15-22-26(13-14-28(22)16-17-9-5-4-6-10-17)19-11-7-8-12-20(19)27-24(26)23(18)25(30)31-2/h4-12,18,22,27H,3,13-16H2,1-2H3/t18-,22-,26+/m0/s1. The molecule has 5 nitrogen and oxygen atoms in total. The average Bonchev–Trinajstić information content (AvgIpc) is 3.34. The van der Waals surface area contributed by atoms with E-state index in [1.807, 2.05) is 19.1 Å². The van der Waals surface area contributed by atoms with Crippen LogP contribution < -0.4 is 5.32 Å². The molecule has 0 unspecified atom stereocenters. The van der Waals surface area contributed by atoms with Crippen LogP contribution in [0.2, 0.25) is 0 Å². The van der Waals surface area contributed by atoms with Crippen LogP contribution in [-0.2, 0) is 26.3 Å². The molecule has 2 heterocycles. The SMILES string of the molecule is CCC(=O)[C@@H]1C[C@@H]2N(Cc3ccccc3)CC[C@]23C(=C1C(=O)OC)Nc1ccccc13. The summed E-state index contributed by atoms with van der Waals surface area (Å²) < 4.78 is 5.19. The summed E-state index contributed by atoms with van der Waals surface area (Å²) in [4.78, 5) is 28.5. The van der Waals surface area contributed by atoms with Crippen LogP contribution in [0, 0.1) is 5.92 Å². The van der Waals surface area contributed by atoms with Gasteiger partial charge in [-0.1, -0.05) is 55.5 Å². The second kappa shape index (κ2) is 7.65. The molecular formula is C26H28N2O3. The van der Waals surface area contributed by atoms with Crippen LogP contribution in [-0.4, -0.2) is 36.3 Å². The van der Waals surface area contributed by atoms with Crippen LogP contribution in [0.5, 0.6) is 0 Å². The highest BCUT2D eigenvalue weighted by molar-refractivity contribution is 6.00. The van der Waals surface area contributed by atoms with E-state index in [4.69, 9.17) is 4.74 Å². The van der Waals surface area contributed by atoms with Crippen molar-refractivity contribution < 1.29 is 14.3 Å². The fourth-order valence-electron chi connectivity index (χ4n) is 6.00. The summed E-state index contributed by atoms with van der Waals surface area (Å²) in [5.41, 5.74) is 4.65. The molecule has 1 fully saturated rings. The lowest BCUT2D eigenvalue weighted by atomic mass is 9.63. The summed E-state index contributed by atoms with van der Waals surface area (Å²) in [6.45, 7) is 3.63. The Kier molecular flexibility index (Phi) is 4.94. The lowest BCUT2D eigenvalue weighted by Gasteiger charge is -2.43. The van der Waals surface area contributed by atoms with E-state index < -0.39 is 5.92 Å². The molecule has 0 aromatic heterocycles. The third kappa shape index (κ3) is 2.94. The van der Waals surface area contributed by atoms with Crippen molar-refractivity contribution in [2.75, 3.05) is 19.0 Å². The van der Waals surface area contributed by atoms with E-state index in [0.29, 0.717) is 18.4 Å². The molecular weight excluding hydrogens is 388 g/mol. The maximum atomic E-state index is 13.0. The Morgan fingerprint density at radius 3 is 2.61 bits per heavy atom. The summed E-state index contributed by atoms with van der Waals surface area (Å²) in [7, 11) is 1.40. The van der Waals surface area contributed by atoms with Gasteiger partial charge < -0.3 is 10.1 Å². The molecule has 2 aromatic rings. The number of rotatable bonds is 5. The molecule has 0 radical (unpaired) electrons. The van der Waals surface area contributed by atoms with Gasteiger partial charge in [-0.15, -0.1) is 0 Å². The molecule has 0 amide bonds. The number of benzene rings is 2. The van der Waals surface area contributed by atoms with Crippen LogP contribution in [0.15, 0.2) is 65.9 Å². The molecule has 0 bridgehead atoms. The minimum atomic E-state index is -0.441. The van der Waals surface area contributed by atoms with Gasteiger partial charge in [0.1, 0.15) is 5.78 Å². The Balaban J connectivity index is 1.67. The third-order valence-corrected chi connectivity index (χ3v) is 7.36. The highest BCUT2D eigenvalue weighted by atomic mass is 16.5. The topological polar surface area (TPSA) is 58.6 Å². The molecule has 2 aliphatic heterocycles. The summed E-state index contributed by atoms with van der Waals surface area (Å²) in [6, 6.07) is 18.9. The van der Waals surface area contributed by atoms with Crippen molar-refractivity contribution in [1.29, 1.82) is 0 Å². The molecule has 160 valence electrons. The largest absolute Gasteiger partial charge is 0.466 e. The van der Waals surface area contributed by atoms with Gasteiger partial charge in [0.2, 0.25) is 0 Å². The van der Waals surface area contributed by atoms with E-state index in [9.17, 15) is 9.59 Å². The molecule has 5 rings (SSSR count). The predicted octanol–water partition coefficient (Wildman–Crippen LogP) is 4.05. The molecule has 3 aliphatic rings. The Morgan fingerprint density at radius 1 is 1.13 bits per heavy atom. The molecule has 0 saturated carbocycles. The maximum absolute atomic E-state index is 13.0. The minimum Gasteiger partial charge on any atom is -0.466 e. The first-order chi connectivity index (χ1) is 15.1. The Bertz CT molecular complexity index is 1060. The van der Waals surface area contributed by atoms with Crippen LogP contribution in [0.4, 0.5) is 5.69 Å². The van der Waals surface area contributed by atoms with Crippen molar-refractivity contribution in [2.45, 2.75) is 44.2 Å². The second-order valence-corrected chi connectivity index (χ2v) is 8.75. The van der Waals surface area contributed by atoms with Crippen molar-refractivity contribution in [3.05, 3.63) is 77.0 Å². The molecule has 2 aromatic carbocycles. The van der Waals surface area contributed by atoms with E-state index in [1.54, 1.807) is 0 Å². The van der Waals surface area contributed by atoms with E-state index in [1.165, 1.54) is 18.2 Å². The summed E-state index contributed by atoms with van der Waals surface area (Å²) >= 11 is 0. The Labute approximate surface area is 183 Å². The average molecular weight is 417 g/mol. The molecule has 31 heavy (non-hydrogen) atoms. The van der Waals surface area contributed by atoms with Gasteiger partial charge in [-0.3, -0.25) is 9.69 Å². The first-order valence-corrected chi connectivity index (χ1v) is 11.1.